The van der Waals surface area contributed by atoms with Gasteiger partial charge in [-0.15, -0.1) is 0 Å². The summed E-state index contributed by atoms with van der Waals surface area (Å²) in [7, 11) is 0. The monoisotopic (exact) mass is 290 g/mol. The highest BCUT2D eigenvalue weighted by Crippen LogP contribution is 2.37. The molecular weight excluding hydrogens is 252 g/mol. The van der Waals surface area contributed by atoms with Crippen molar-refractivity contribution in [2.75, 3.05) is 0 Å². The van der Waals surface area contributed by atoms with E-state index in [4.69, 9.17) is 0 Å². The van der Waals surface area contributed by atoms with E-state index in [1.807, 2.05) is 0 Å². The molecule has 0 aromatic rings. The summed E-state index contributed by atoms with van der Waals surface area (Å²) >= 11 is 0. The Kier molecular flexibility index (Phi) is 8.52. The van der Waals surface area contributed by atoms with Crippen LogP contribution in [0.4, 0.5) is 0 Å². The van der Waals surface area contributed by atoms with Gasteiger partial charge in [0.1, 0.15) is 0 Å². The zero-order chi connectivity index (χ0) is 14.8. The molecule has 2 aliphatic carbocycles. The summed E-state index contributed by atoms with van der Waals surface area (Å²) in [6.45, 7) is 2.32. The zero-order valence-corrected chi connectivity index (χ0v) is 14.5. The fourth-order valence-electron chi connectivity index (χ4n) is 4.56. The molecule has 0 heteroatoms. The van der Waals surface area contributed by atoms with Crippen molar-refractivity contribution in [1.82, 2.24) is 0 Å². The molecule has 0 spiro atoms. The van der Waals surface area contributed by atoms with Gasteiger partial charge in [0.15, 0.2) is 0 Å². The van der Waals surface area contributed by atoms with Crippen molar-refractivity contribution in [3.63, 3.8) is 0 Å². The minimum absolute atomic E-state index is 0.921. The lowest BCUT2D eigenvalue weighted by atomic mass is 9.81. The molecule has 0 aromatic heterocycles. The number of allylic oxidation sites excluding steroid dienone is 2. The Morgan fingerprint density at radius 3 is 2.67 bits per heavy atom. The van der Waals surface area contributed by atoms with Gasteiger partial charge in [-0.2, -0.15) is 0 Å². The fraction of sp³-hybridized carbons (Fsp3) is 0.905. The molecule has 3 atom stereocenters. The Morgan fingerprint density at radius 1 is 0.810 bits per heavy atom. The summed E-state index contributed by atoms with van der Waals surface area (Å²) in [4.78, 5) is 0. The summed E-state index contributed by atoms with van der Waals surface area (Å²) in [6, 6.07) is 0. The van der Waals surface area contributed by atoms with E-state index in [9.17, 15) is 0 Å². The lowest BCUT2D eigenvalue weighted by molar-refractivity contribution is 0.315. The van der Waals surface area contributed by atoms with Crippen LogP contribution in [-0.2, 0) is 0 Å². The van der Waals surface area contributed by atoms with E-state index in [0.29, 0.717) is 0 Å². The second kappa shape index (κ2) is 10.5. The van der Waals surface area contributed by atoms with Crippen LogP contribution in [-0.4, -0.2) is 0 Å². The van der Waals surface area contributed by atoms with Gasteiger partial charge in [0.05, 0.1) is 0 Å². The SMILES string of the molecule is CCCCCC[C@@H]1CCCC(C2/C=C/CCCCC2)CC1. The predicted molar refractivity (Wildman–Crippen MR) is 94.5 cm³/mol. The average Bonchev–Trinajstić information content (AvgIpc) is 2.69. The van der Waals surface area contributed by atoms with Crippen molar-refractivity contribution < 1.29 is 0 Å². The normalized spacial score (nSPS) is 32.9. The van der Waals surface area contributed by atoms with Crippen LogP contribution in [0.2, 0.25) is 0 Å². The van der Waals surface area contributed by atoms with Crippen LogP contribution >= 0.6 is 0 Å². The first kappa shape index (κ1) is 17.1. The summed E-state index contributed by atoms with van der Waals surface area (Å²) in [6.07, 6.45) is 27.2. The smallest absolute Gasteiger partial charge is 0.0205 e. The van der Waals surface area contributed by atoms with Gasteiger partial charge in [-0.3, -0.25) is 0 Å². The molecule has 1 saturated carbocycles. The van der Waals surface area contributed by atoms with Crippen LogP contribution in [0, 0.1) is 17.8 Å². The number of hydrogen-bond acceptors (Lipinski definition) is 0. The second-order valence-corrected chi connectivity index (χ2v) is 7.71. The highest BCUT2D eigenvalue weighted by molar-refractivity contribution is 4.93. The second-order valence-electron chi connectivity index (χ2n) is 7.71. The van der Waals surface area contributed by atoms with Gasteiger partial charge in [-0.25, -0.2) is 0 Å². The van der Waals surface area contributed by atoms with E-state index in [1.54, 1.807) is 0 Å². The maximum atomic E-state index is 2.60. The molecule has 0 radical (unpaired) electrons. The Balaban J connectivity index is 1.73. The lowest BCUT2D eigenvalue weighted by Crippen LogP contribution is -2.13. The Hall–Kier alpha value is -0.260. The lowest BCUT2D eigenvalue weighted by Gasteiger charge is -2.25. The minimum Gasteiger partial charge on any atom is -0.0882 e. The van der Waals surface area contributed by atoms with Crippen LogP contribution in [0.15, 0.2) is 12.2 Å². The maximum absolute atomic E-state index is 2.60. The van der Waals surface area contributed by atoms with Gasteiger partial charge in [0, 0.05) is 0 Å². The molecule has 2 rings (SSSR count). The highest BCUT2D eigenvalue weighted by atomic mass is 14.3. The zero-order valence-electron chi connectivity index (χ0n) is 14.5. The van der Waals surface area contributed by atoms with Gasteiger partial charge >= 0.3 is 0 Å². The fourth-order valence-corrected chi connectivity index (χ4v) is 4.56. The van der Waals surface area contributed by atoms with E-state index < -0.39 is 0 Å². The Bertz CT molecular complexity index is 278. The number of unbranched alkanes of at least 4 members (excludes halogenated alkanes) is 3. The summed E-state index contributed by atoms with van der Waals surface area (Å²) in [5.74, 6) is 2.99. The molecule has 0 saturated heterocycles. The van der Waals surface area contributed by atoms with Crippen molar-refractivity contribution in [2.45, 2.75) is 103 Å². The molecule has 2 aliphatic rings. The Morgan fingerprint density at radius 2 is 1.76 bits per heavy atom. The van der Waals surface area contributed by atoms with Gasteiger partial charge in [-0.05, 0) is 49.9 Å². The summed E-state index contributed by atoms with van der Waals surface area (Å²) in [5, 5.41) is 0. The molecule has 1 fully saturated rings. The molecule has 0 aromatic carbocycles. The topological polar surface area (TPSA) is 0 Å². The van der Waals surface area contributed by atoms with Gasteiger partial charge in [0.25, 0.3) is 0 Å². The van der Waals surface area contributed by atoms with Crippen LogP contribution in [0.3, 0.4) is 0 Å². The summed E-state index contributed by atoms with van der Waals surface area (Å²) in [5.41, 5.74) is 0. The van der Waals surface area contributed by atoms with Crippen molar-refractivity contribution >= 4 is 0 Å². The first-order valence-electron chi connectivity index (χ1n) is 10.1. The summed E-state index contributed by atoms with van der Waals surface area (Å²) < 4.78 is 0. The quantitative estimate of drug-likeness (QED) is 0.274. The van der Waals surface area contributed by atoms with Gasteiger partial charge < -0.3 is 0 Å². The molecule has 0 bridgehead atoms. The van der Waals surface area contributed by atoms with E-state index >= 15 is 0 Å². The molecule has 0 nitrogen and oxygen atoms in total. The Labute approximate surface area is 133 Å². The van der Waals surface area contributed by atoms with Crippen molar-refractivity contribution in [2.24, 2.45) is 17.8 Å². The van der Waals surface area contributed by atoms with E-state index in [1.165, 1.54) is 96.3 Å². The standard InChI is InChI=1S/C21H38/c1-2-3-4-8-12-19-13-11-16-21(18-17-19)20-14-9-6-5-7-10-15-20/h9,14,19-21H,2-8,10-13,15-18H2,1H3/b14-9+/t19-,20?,21?/m1/s1. The first-order chi connectivity index (χ1) is 10.4. The maximum Gasteiger partial charge on any atom is -0.0205 e. The van der Waals surface area contributed by atoms with Crippen LogP contribution in [0.1, 0.15) is 103 Å². The molecule has 0 amide bonds. The molecule has 21 heavy (non-hydrogen) atoms. The van der Waals surface area contributed by atoms with Crippen molar-refractivity contribution in [3.05, 3.63) is 12.2 Å². The predicted octanol–water partition coefficient (Wildman–Crippen LogP) is 7.29. The van der Waals surface area contributed by atoms with Crippen molar-refractivity contribution in [3.8, 4) is 0 Å². The van der Waals surface area contributed by atoms with Gasteiger partial charge in [0.2, 0.25) is 0 Å². The molecule has 0 aliphatic heterocycles. The third-order valence-corrected chi connectivity index (χ3v) is 6.00. The molecule has 0 N–H and O–H groups in total. The average molecular weight is 291 g/mol. The highest BCUT2D eigenvalue weighted by Gasteiger charge is 2.24. The molecule has 2 unspecified atom stereocenters. The number of hydrogen-bond donors (Lipinski definition) is 0. The van der Waals surface area contributed by atoms with E-state index in [2.05, 4.69) is 19.1 Å². The molecular formula is C21H38. The van der Waals surface area contributed by atoms with Gasteiger partial charge in [-0.1, -0.05) is 83.3 Å². The van der Waals surface area contributed by atoms with E-state index in [0.717, 1.165) is 17.8 Å². The minimum atomic E-state index is 0.921. The molecule has 122 valence electrons. The van der Waals surface area contributed by atoms with Crippen LogP contribution in [0.5, 0.6) is 0 Å². The van der Waals surface area contributed by atoms with E-state index in [-0.39, 0.29) is 0 Å². The molecule has 0 heterocycles. The van der Waals surface area contributed by atoms with Crippen LogP contribution in [0.25, 0.3) is 0 Å². The largest absolute Gasteiger partial charge is 0.0882 e. The first-order valence-corrected chi connectivity index (χ1v) is 10.1. The van der Waals surface area contributed by atoms with Crippen LogP contribution < -0.4 is 0 Å². The third-order valence-electron chi connectivity index (χ3n) is 6.00. The number of rotatable bonds is 6. The van der Waals surface area contributed by atoms with Crippen molar-refractivity contribution in [1.29, 1.82) is 0 Å². The third kappa shape index (κ3) is 6.57.